The lowest BCUT2D eigenvalue weighted by molar-refractivity contribution is 0.252. The van der Waals surface area contributed by atoms with E-state index < -0.39 is 0 Å². The largest absolute Gasteiger partial charge is 0.370 e. The number of aromatic nitrogens is 2. The van der Waals surface area contributed by atoms with Gasteiger partial charge >= 0.3 is 0 Å². The second-order valence-electron chi connectivity index (χ2n) is 5.95. The van der Waals surface area contributed by atoms with Crippen molar-refractivity contribution in [2.45, 2.75) is 45.6 Å². The summed E-state index contributed by atoms with van der Waals surface area (Å²) in [5.41, 5.74) is 0. The molecule has 5 nitrogen and oxygen atoms in total. The minimum Gasteiger partial charge on any atom is -0.370 e. The summed E-state index contributed by atoms with van der Waals surface area (Å²) in [7, 11) is 4.37. The summed E-state index contributed by atoms with van der Waals surface area (Å²) in [6.45, 7) is 7.50. The topological polar surface area (TPSA) is 44.3 Å². The zero-order valence-corrected chi connectivity index (χ0v) is 13.9. The number of anilines is 2. The summed E-state index contributed by atoms with van der Waals surface area (Å²) >= 11 is 0. The zero-order chi connectivity index (χ0) is 15.2. The fraction of sp³-hybridized carbons (Fsp3) is 0.750. The predicted molar refractivity (Wildman–Crippen MR) is 89.1 cm³/mol. The fourth-order valence-corrected chi connectivity index (χ4v) is 2.84. The van der Waals surface area contributed by atoms with E-state index in [0.29, 0.717) is 6.04 Å². The molecule has 0 saturated carbocycles. The van der Waals surface area contributed by atoms with Crippen LogP contribution in [0.4, 0.5) is 11.6 Å². The fourth-order valence-electron chi connectivity index (χ4n) is 2.84. The number of likely N-dealkylation sites (tertiary alicyclic amines) is 1. The van der Waals surface area contributed by atoms with Crippen LogP contribution in [0.15, 0.2) is 6.07 Å². The van der Waals surface area contributed by atoms with Gasteiger partial charge in [0.2, 0.25) is 0 Å². The zero-order valence-electron chi connectivity index (χ0n) is 13.9. The normalized spacial score (nSPS) is 17.0. The molecule has 0 amide bonds. The van der Waals surface area contributed by atoms with Gasteiger partial charge < -0.3 is 15.1 Å². The Morgan fingerprint density at radius 3 is 2.62 bits per heavy atom. The summed E-state index contributed by atoms with van der Waals surface area (Å²) < 4.78 is 0. The molecule has 2 rings (SSSR count). The van der Waals surface area contributed by atoms with E-state index in [1.165, 1.54) is 25.9 Å². The van der Waals surface area contributed by atoms with Crippen LogP contribution in [0.3, 0.4) is 0 Å². The minimum atomic E-state index is 0.583. The minimum absolute atomic E-state index is 0.583. The Labute approximate surface area is 128 Å². The van der Waals surface area contributed by atoms with Gasteiger partial charge in [-0.3, -0.25) is 0 Å². The van der Waals surface area contributed by atoms with E-state index in [0.717, 1.165) is 36.8 Å². The Kier molecular flexibility index (Phi) is 5.79. The number of rotatable bonds is 6. The summed E-state index contributed by atoms with van der Waals surface area (Å²) in [5, 5.41) is 3.33. The first-order valence-electron chi connectivity index (χ1n) is 8.17. The number of aryl methyl sites for hydroxylation is 1. The second-order valence-corrected chi connectivity index (χ2v) is 5.95. The maximum absolute atomic E-state index is 4.76. The smallest absolute Gasteiger partial charge is 0.134 e. The Hall–Kier alpha value is -1.36. The monoisotopic (exact) mass is 291 g/mol. The molecular formula is C16H29N5. The Morgan fingerprint density at radius 1 is 1.29 bits per heavy atom. The van der Waals surface area contributed by atoms with Crippen LogP contribution in [0.5, 0.6) is 0 Å². The van der Waals surface area contributed by atoms with Crippen molar-refractivity contribution in [2.24, 2.45) is 0 Å². The van der Waals surface area contributed by atoms with Crippen molar-refractivity contribution in [3.05, 3.63) is 11.9 Å². The van der Waals surface area contributed by atoms with Crippen LogP contribution in [-0.2, 0) is 6.42 Å². The van der Waals surface area contributed by atoms with Gasteiger partial charge in [-0.1, -0.05) is 6.92 Å². The van der Waals surface area contributed by atoms with Gasteiger partial charge in [0.15, 0.2) is 0 Å². The van der Waals surface area contributed by atoms with Crippen LogP contribution in [0, 0.1) is 0 Å². The lowest BCUT2D eigenvalue weighted by Gasteiger charge is -2.35. The van der Waals surface area contributed by atoms with Gasteiger partial charge in [-0.15, -0.1) is 0 Å². The van der Waals surface area contributed by atoms with Crippen molar-refractivity contribution < 1.29 is 0 Å². The maximum Gasteiger partial charge on any atom is 0.134 e. The SMILES string of the molecule is CCCc1nc(NCC)cc(N(C)C2CCN(C)CC2)n1. The van der Waals surface area contributed by atoms with E-state index in [1.807, 2.05) is 0 Å². The quantitative estimate of drug-likeness (QED) is 0.872. The third kappa shape index (κ3) is 4.30. The molecule has 0 radical (unpaired) electrons. The maximum atomic E-state index is 4.76. The molecule has 0 aromatic carbocycles. The molecule has 1 fully saturated rings. The highest BCUT2D eigenvalue weighted by molar-refractivity contribution is 5.49. The molecule has 0 unspecified atom stereocenters. The molecule has 2 heterocycles. The molecule has 0 spiro atoms. The molecule has 0 atom stereocenters. The van der Waals surface area contributed by atoms with Crippen molar-refractivity contribution in [3.63, 3.8) is 0 Å². The first-order chi connectivity index (χ1) is 10.1. The molecule has 21 heavy (non-hydrogen) atoms. The number of nitrogens with zero attached hydrogens (tertiary/aromatic N) is 4. The average Bonchev–Trinajstić information content (AvgIpc) is 2.48. The lowest BCUT2D eigenvalue weighted by atomic mass is 10.0. The van der Waals surface area contributed by atoms with Crippen LogP contribution >= 0.6 is 0 Å². The highest BCUT2D eigenvalue weighted by atomic mass is 15.2. The molecule has 0 bridgehead atoms. The molecule has 1 aromatic heterocycles. The molecule has 5 heteroatoms. The Morgan fingerprint density at radius 2 is 2.00 bits per heavy atom. The molecular weight excluding hydrogens is 262 g/mol. The van der Waals surface area contributed by atoms with E-state index in [2.05, 4.69) is 54.1 Å². The van der Waals surface area contributed by atoms with Crippen molar-refractivity contribution in [1.29, 1.82) is 0 Å². The number of nitrogens with one attached hydrogen (secondary N) is 1. The van der Waals surface area contributed by atoms with Gasteiger partial charge in [-0.2, -0.15) is 0 Å². The summed E-state index contributed by atoms with van der Waals surface area (Å²) in [6, 6.07) is 2.67. The highest BCUT2D eigenvalue weighted by Crippen LogP contribution is 2.22. The third-order valence-electron chi connectivity index (χ3n) is 4.19. The van der Waals surface area contributed by atoms with Crippen LogP contribution in [0.25, 0.3) is 0 Å². The Bertz CT molecular complexity index is 416. The van der Waals surface area contributed by atoms with Gasteiger partial charge in [0, 0.05) is 32.1 Å². The first-order valence-corrected chi connectivity index (χ1v) is 8.17. The molecule has 1 aliphatic heterocycles. The van der Waals surface area contributed by atoms with Crippen LogP contribution in [0.1, 0.15) is 38.9 Å². The van der Waals surface area contributed by atoms with Crippen LogP contribution in [-0.4, -0.2) is 54.6 Å². The van der Waals surface area contributed by atoms with Crippen molar-refractivity contribution in [1.82, 2.24) is 14.9 Å². The molecule has 118 valence electrons. The Balaban J connectivity index is 2.16. The van der Waals surface area contributed by atoms with Crippen LogP contribution in [0.2, 0.25) is 0 Å². The summed E-state index contributed by atoms with van der Waals surface area (Å²) in [6.07, 6.45) is 4.42. The van der Waals surface area contributed by atoms with Crippen molar-refractivity contribution >= 4 is 11.6 Å². The van der Waals surface area contributed by atoms with Gasteiger partial charge in [-0.25, -0.2) is 9.97 Å². The lowest BCUT2D eigenvalue weighted by Crippen LogP contribution is -2.42. The molecule has 1 aromatic rings. The first kappa shape index (κ1) is 16.0. The van der Waals surface area contributed by atoms with Gasteiger partial charge in [-0.05, 0) is 46.3 Å². The van der Waals surface area contributed by atoms with E-state index >= 15 is 0 Å². The summed E-state index contributed by atoms with van der Waals surface area (Å²) in [5.74, 6) is 2.95. The standard InChI is InChI=1S/C16H29N5/c1-5-7-14-18-15(17-6-2)12-16(19-14)21(4)13-8-10-20(3)11-9-13/h12-13H,5-11H2,1-4H3,(H,17,18,19). The predicted octanol–water partition coefficient (Wildman–Crippen LogP) is 2.39. The van der Waals surface area contributed by atoms with E-state index in [-0.39, 0.29) is 0 Å². The van der Waals surface area contributed by atoms with Crippen molar-refractivity contribution in [3.8, 4) is 0 Å². The molecule has 1 aliphatic rings. The molecule has 1 N–H and O–H groups in total. The number of hydrogen-bond donors (Lipinski definition) is 1. The van der Waals surface area contributed by atoms with Crippen LogP contribution < -0.4 is 10.2 Å². The average molecular weight is 291 g/mol. The number of piperidine rings is 1. The molecule has 0 aliphatic carbocycles. The van der Waals surface area contributed by atoms with E-state index in [9.17, 15) is 0 Å². The van der Waals surface area contributed by atoms with E-state index in [4.69, 9.17) is 4.98 Å². The summed E-state index contributed by atoms with van der Waals surface area (Å²) in [4.78, 5) is 14.1. The highest BCUT2D eigenvalue weighted by Gasteiger charge is 2.22. The molecule has 1 saturated heterocycles. The van der Waals surface area contributed by atoms with Gasteiger partial charge in [0.25, 0.3) is 0 Å². The number of hydrogen-bond acceptors (Lipinski definition) is 5. The van der Waals surface area contributed by atoms with Crippen molar-refractivity contribution in [2.75, 3.05) is 43.9 Å². The van der Waals surface area contributed by atoms with Gasteiger partial charge in [0.1, 0.15) is 17.5 Å². The van der Waals surface area contributed by atoms with E-state index in [1.54, 1.807) is 0 Å². The second kappa shape index (κ2) is 7.59. The van der Waals surface area contributed by atoms with Gasteiger partial charge in [0.05, 0.1) is 0 Å². The third-order valence-corrected chi connectivity index (χ3v) is 4.19.